The molecule has 17 heavy (non-hydrogen) atoms. The van der Waals surface area contributed by atoms with E-state index < -0.39 is 5.97 Å². The van der Waals surface area contributed by atoms with Crippen LogP contribution in [0.25, 0.3) is 0 Å². The third-order valence-electron chi connectivity index (χ3n) is 3.24. The number of rotatable bonds is 6. The lowest BCUT2D eigenvalue weighted by molar-refractivity contribution is -0.143. The van der Waals surface area contributed by atoms with Crippen LogP contribution in [0.4, 0.5) is 0 Å². The predicted molar refractivity (Wildman–Crippen MR) is 64.7 cm³/mol. The Morgan fingerprint density at radius 1 is 1.59 bits per heavy atom. The van der Waals surface area contributed by atoms with Gasteiger partial charge in [-0.3, -0.25) is 14.7 Å². The molecule has 1 fully saturated rings. The summed E-state index contributed by atoms with van der Waals surface area (Å²) in [6.07, 6.45) is 4.66. The van der Waals surface area contributed by atoms with Crippen LogP contribution in [-0.4, -0.2) is 40.6 Å². The highest BCUT2D eigenvalue weighted by atomic mass is 16.4. The van der Waals surface area contributed by atoms with Crippen LogP contribution < -0.4 is 0 Å². The number of carboxylic acid groups (broad SMARTS) is 1. The van der Waals surface area contributed by atoms with Crippen LogP contribution in [0.3, 0.4) is 0 Å². The molecule has 0 aromatic carbocycles. The van der Waals surface area contributed by atoms with Crippen LogP contribution >= 0.6 is 0 Å². The van der Waals surface area contributed by atoms with E-state index in [9.17, 15) is 9.90 Å². The number of hydrogen-bond donors (Lipinski definition) is 1. The van der Waals surface area contributed by atoms with Crippen molar-refractivity contribution in [1.29, 1.82) is 0 Å². The molecule has 1 saturated carbocycles. The lowest BCUT2D eigenvalue weighted by atomic mass is 10.1. The normalized spacial score (nSPS) is 17.1. The molecule has 1 N–H and O–H groups in total. The minimum atomic E-state index is -0.698. The van der Waals surface area contributed by atoms with Crippen molar-refractivity contribution in [2.45, 2.75) is 25.3 Å². The fourth-order valence-electron chi connectivity index (χ4n) is 2.14. The van der Waals surface area contributed by atoms with Gasteiger partial charge in [0.25, 0.3) is 0 Å². The summed E-state index contributed by atoms with van der Waals surface area (Å²) >= 11 is 0. The summed E-state index contributed by atoms with van der Waals surface area (Å²) in [4.78, 5) is 17.4. The Morgan fingerprint density at radius 2 is 2.35 bits per heavy atom. The SMILES string of the molecule is CN(CCc1ccccn1)C(C(=O)O)C1CC1. The Hall–Kier alpha value is -1.42. The highest BCUT2D eigenvalue weighted by molar-refractivity contribution is 5.74. The lowest BCUT2D eigenvalue weighted by Gasteiger charge is -2.24. The molecule has 1 unspecified atom stereocenters. The van der Waals surface area contributed by atoms with Crippen LogP contribution in [0.1, 0.15) is 18.5 Å². The average molecular weight is 234 g/mol. The Bertz CT molecular complexity index is 376. The summed E-state index contributed by atoms with van der Waals surface area (Å²) in [6, 6.07) is 5.49. The summed E-state index contributed by atoms with van der Waals surface area (Å²) in [5, 5.41) is 9.19. The van der Waals surface area contributed by atoms with Crippen molar-refractivity contribution < 1.29 is 9.90 Å². The van der Waals surface area contributed by atoms with Gasteiger partial charge in [0.1, 0.15) is 6.04 Å². The third-order valence-corrected chi connectivity index (χ3v) is 3.24. The Balaban J connectivity index is 1.87. The molecule has 1 aliphatic rings. The zero-order chi connectivity index (χ0) is 12.3. The van der Waals surface area contributed by atoms with Crippen molar-refractivity contribution in [2.24, 2.45) is 5.92 Å². The first-order valence-corrected chi connectivity index (χ1v) is 6.01. The van der Waals surface area contributed by atoms with Gasteiger partial charge in [-0.25, -0.2) is 0 Å². The molecular formula is C13H18N2O2. The van der Waals surface area contributed by atoms with E-state index in [1.165, 1.54) is 0 Å². The maximum absolute atomic E-state index is 11.2. The highest BCUT2D eigenvalue weighted by Crippen LogP contribution is 2.35. The molecule has 0 radical (unpaired) electrons. The van der Waals surface area contributed by atoms with E-state index in [0.29, 0.717) is 5.92 Å². The smallest absolute Gasteiger partial charge is 0.321 e. The lowest BCUT2D eigenvalue weighted by Crippen LogP contribution is -2.41. The first kappa shape index (κ1) is 12.0. The second-order valence-corrected chi connectivity index (χ2v) is 4.67. The molecule has 0 aliphatic heterocycles. The first-order chi connectivity index (χ1) is 8.18. The van der Waals surface area contributed by atoms with Gasteiger partial charge in [-0.05, 0) is 37.9 Å². The Kier molecular flexibility index (Phi) is 3.74. The highest BCUT2D eigenvalue weighted by Gasteiger charge is 2.38. The van der Waals surface area contributed by atoms with Gasteiger partial charge in [0.15, 0.2) is 0 Å². The summed E-state index contributed by atoms with van der Waals surface area (Å²) in [5.41, 5.74) is 1.01. The average Bonchev–Trinajstić information content (AvgIpc) is 3.12. The van der Waals surface area contributed by atoms with E-state index in [-0.39, 0.29) is 6.04 Å². The summed E-state index contributed by atoms with van der Waals surface area (Å²) in [5.74, 6) is -0.350. The van der Waals surface area contributed by atoms with Crippen molar-refractivity contribution in [3.8, 4) is 0 Å². The standard InChI is InChI=1S/C13H18N2O2/c1-15(12(13(16)17)10-5-6-10)9-7-11-4-2-3-8-14-11/h2-4,8,10,12H,5-7,9H2,1H3,(H,16,17). The third kappa shape index (κ3) is 3.27. The molecule has 1 heterocycles. The zero-order valence-corrected chi connectivity index (χ0v) is 10.0. The second kappa shape index (κ2) is 5.27. The minimum Gasteiger partial charge on any atom is -0.480 e. The molecular weight excluding hydrogens is 216 g/mol. The van der Waals surface area contributed by atoms with Gasteiger partial charge in [0, 0.05) is 24.9 Å². The summed E-state index contributed by atoms with van der Waals surface area (Å²) in [7, 11) is 1.89. The number of hydrogen-bond acceptors (Lipinski definition) is 3. The monoisotopic (exact) mass is 234 g/mol. The molecule has 0 amide bonds. The van der Waals surface area contributed by atoms with Crippen LogP contribution in [0, 0.1) is 5.92 Å². The number of aliphatic carboxylic acids is 1. The number of carboxylic acids is 1. The quantitative estimate of drug-likeness (QED) is 0.808. The Labute approximate surface area is 101 Å². The molecule has 1 aromatic rings. The first-order valence-electron chi connectivity index (χ1n) is 6.01. The van der Waals surface area contributed by atoms with Crippen LogP contribution in [0.2, 0.25) is 0 Å². The maximum Gasteiger partial charge on any atom is 0.321 e. The van der Waals surface area contributed by atoms with Crippen molar-refractivity contribution in [2.75, 3.05) is 13.6 Å². The van der Waals surface area contributed by atoms with Crippen molar-refractivity contribution in [3.05, 3.63) is 30.1 Å². The van der Waals surface area contributed by atoms with Gasteiger partial charge in [-0.2, -0.15) is 0 Å². The van der Waals surface area contributed by atoms with Crippen molar-refractivity contribution in [1.82, 2.24) is 9.88 Å². The molecule has 1 atom stereocenters. The summed E-state index contributed by atoms with van der Waals surface area (Å²) in [6.45, 7) is 0.741. The fourth-order valence-corrected chi connectivity index (χ4v) is 2.14. The topological polar surface area (TPSA) is 53.4 Å². The maximum atomic E-state index is 11.2. The molecule has 4 nitrogen and oxygen atoms in total. The van der Waals surface area contributed by atoms with E-state index >= 15 is 0 Å². The largest absolute Gasteiger partial charge is 0.480 e. The van der Waals surface area contributed by atoms with Crippen molar-refractivity contribution >= 4 is 5.97 Å². The molecule has 0 bridgehead atoms. The van der Waals surface area contributed by atoms with Gasteiger partial charge >= 0.3 is 5.97 Å². The number of nitrogens with zero attached hydrogens (tertiary/aromatic N) is 2. The van der Waals surface area contributed by atoms with Gasteiger partial charge in [-0.1, -0.05) is 6.07 Å². The van der Waals surface area contributed by atoms with Crippen LogP contribution in [-0.2, 0) is 11.2 Å². The molecule has 2 rings (SSSR count). The van der Waals surface area contributed by atoms with Gasteiger partial charge in [-0.15, -0.1) is 0 Å². The molecule has 4 heteroatoms. The second-order valence-electron chi connectivity index (χ2n) is 4.67. The predicted octanol–water partition coefficient (Wildman–Crippen LogP) is 1.42. The van der Waals surface area contributed by atoms with E-state index in [0.717, 1.165) is 31.5 Å². The molecule has 1 aliphatic carbocycles. The van der Waals surface area contributed by atoms with Gasteiger partial charge in [0.2, 0.25) is 0 Å². The van der Waals surface area contributed by atoms with Gasteiger partial charge in [0.05, 0.1) is 0 Å². The number of likely N-dealkylation sites (N-methyl/N-ethyl adjacent to an activating group) is 1. The molecule has 0 saturated heterocycles. The summed E-state index contributed by atoms with van der Waals surface area (Å²) < 4.78 is 0. The zero-order valence-electron chi connectivity index (χ0n) is 10.0. The minimum absolute atomic E-state index is 0.321. The van der Waals surface area contributed by atoms with Gasteiger partial charge < -0.3 is 5.11 Å². The molecule has 1 aromatic heterocycles. The molecule has 92 valence electrons. The van der Waals surface area contributed by atoms with E-state index in [1.807, 2.05) is 30.1 Å². The van der Waals surface area contributed by atoms with E-state index in [2.05, 4.69) is 4.98 Å². The van der Waals surface area contributed by atoms with Crippen LogP contribution in [0.5, 0.6) is 0 Å². The number of pyridine rings is 1. The Morgan fingerprint density at radius 3 is 2.88 bits per heavy atom. The molecule has 0 spiro atoms. The van der Waals surface area contributed by atoms with Crippen molar-refractivity contribution in [3.63, 3.8) is 0 Å². The van der Waals surface area contributed by atoms with Crippen LogP contribution in [0.15, 0.2) is 24.4 Å². The fraction of sp³-hybridized carbons (Fsp3) is 0.538. The van der Waals surface area contributed by atoms with E-state index in [4.69, 9.17) is 0 Å². The van der Waals surface area contributed by atoms with E-state index in [1.54, 1.807) is 6.20 Å². The number of carbonyl (C=O) groups is 1. The number of aromatic nitrogens is 1.